The smallest absolute Gasteiger partial charge is 0.407 e. The molecule has 1 amide bonds. The molecular formula is C23H30N2O3. The molecule has 2 aromatic carbocycles. The summed E-state index contributed by atoms with van der Waals surface area (Å²) in [6, 6.07) is 17.6. The van der Waals surface area contributed by atoms with Crippen LogP contribution in [0.4, 0.5) is 4.79 Å². The minimum absolute atomic E-state index is 0.0236. The maximum atomic E-state index is 11.8. The molecule has 0 aliphatic carbocycles. The van der Waals surface area contributed by atoms with Gasteiger partial charge in [0, 0.05) is 25.7 Å². The van der Waals surface area contributed by atoms with Gasteiger partial charge in [0.15, 0.2) is 0 Å². The standard InChI is InChI=1S/C23H30N2O3/c1-23(2,3)21(18-7-5-4-6-8-18)24-13-14-25(22(27)28)19(16-24)15-17-9-11-20(26)12-10-17/h4-12,19,21,26H,13-16H2,1-3H3,(H,27,28)/t19-,21?/m1/s1. The predicted octanol–water partition coefficient (Wildman–Crippen LogP) is 4.39. The summed E-state index contributed by atoms with van der Waals surface area (Å²) < 4.78 is 0. The summed E-state index contributed by atoms with van der Waals surface area (Å²) in [5.74, 6) is 0.223. The number of carbonyl (C=O) groups is 1. The molecule has 28 heavy (non-hydrogen) atoms. The average Bonchev–Trinajstić information content (AvgIpc) is 2.63. The number of hydrogen-bond donors (Lipinski definition) is 2. The lowest BCUT2D eigenvalue weighted by Gasteiger charge is -2.47. The quantitative estimate of drug-likeness (QED) is 0.823. The maximum Gasteiger partial charge on any atom is 0.407 e. The van der Waals surface area contributed by atoms with E-state index in [1.165, 1.54) is 5.56 Å². The highest BCUT2D eigenvalue weighted by molar-refractivity contribution is 5.65. The van der Waals surface area contributed by atoms with E-state index in [1.807, 2.05) is 18.2 Å². The van der Waals surface area contributed by atoms with Gasteiger partial charge in [0.25, 0.3) is 0 Å². The molecule has 1 fully saturated rings. The van der Waals surface area contributed by atoms with Crippen LogP contribution in [0.15, 0.2) is 54.6 Å². The number of hydrogen-bond acceptors (Lipinski definition) is 3. The van der Waals surface area contributed by atoms with Crippen molar-refractivity contribution < 1.29 is 15.0 Å². The fourth-order valence-corrected chi connectivity index (χ4v) is 4.34. The Morgan fingerprint density at radius 3 is 2.29 bits per heavy atom. The lowest BCUT2D eigenvalue weighted by Crippen LogP contribution is -2.57. The molecule has 0 aromatic heterocycles. The molecule has 1 heterocycles. The van der Waals surface area contributed by atoms with E-state index < -0.39 is 6.09 Å². The number of nitrogens with zero attached hydrogens (tertiary/aromatic N) is 2. The van der Waals surface area contributed by atoms with E-state index in [0.29, 0.717) is 19.5 Å². The summed E-state index contributed by atoms with van der Waals surface area (Å²) in [4.78, 5) is 15.8. The third-order valence-electron chi connectivity index (χ3n) is 5.47. The molecule has 1 unspecified atom stereocenters. The van der Waals surface area contributed by atoms with Crippen molar-refractivity contribution in [1.82, 2.24) is 9.80 Å². The highest BCUT2D eigenvalue weighted by Gasteiger charge is 2.38. The minimum Gasteiger partial charge on any atom is -0.508 e. The van der Waals surface area contributed by atoms with Gasteiger partial charge < -0.3 is 15.1 Å². The van der Waals surface area contributed by atoms with Crippen LogP contribution < -0.4 is 0 Å². The molecule has 2 atom stereocenters. The second kappa shape index (κ2) is 8.23. The van der Waals surface area contributed by atoms with Gasteiger partial charge in [0.1, 0.15) is 5.75 Å². The fourth-order valence-electron chi connectivity index (χ4n) is 4.34. The van der Waals surface area contributed by atoms with Crippen molar-refractivity contribution in [3.63, 3.8) is 0 Å². The van der Waals surface area contributed by atoms with Gasteiger partial charge in [-0.05, 0) is 35.1 Å². The third kappa shape index (κ3) is 4.65. The van der Waals surface area contributed by atoms with Crippen molar-refractivity contribution in [3.05, 3.63) is 65.7 Å². The average molecular weight is 383 g/mol. The van der Waals surface area contributed by atoms with Crippen molar-refractivity contribution >= 4 is 6.09 Å². The van der Waals surface area contributed by atoms with Crippen LogP contribution in [-0.2, 0) is 6.42 Å². The summed E-state index contributed by atoms with van der Waals surface area (Å²) in [5, 5.41) is 19.2. The lowest BCUT2D eigenvalue weighted by atomic mass is 9.80. The van der Waals surface area contributed by atoms with Crippen molar-refractivity contribution in [1.29, 1.82) is 0 Å². The molecule has 2 aromatic rings. The van der Waals surface area contributed by atoms with Crippen LogP contribution in [0, 0.1) is 5.41 Å². The number of carboxylic acid groups (broad SMARTS) is 1. The van der Waals surface area contributed by atoms with Crippen LogP contribution in [0.3, 0.4) is 0 Å². The molecule has 150 valence electrons. The van der Waals surface area contributed by atoms with Crippen LogP contribution in [0.25, 0.3) is 0 Å². The largest absolute Gasteiger partial charge is 0.508 e. The molecule has 0 saturated carbocycles. The van der Waals surface area contributed by atoms with E-state index in [4.69, 9.17) is 0 Å². The van der Waals surface area contributed by atoms with Gasteiger partial charge in [-0.3, -0.25) is 4.90 Å². The van der Waals surface area contributed by atoms with E-state index in [1.54, 1.807) is 17.0 Å². The third-order valence-corrected chi connectivity index (χ3v) is 5.47. The van der Waals surface area contributed by atoms with E-state index in [-0.39, 0.29) is 23.2 Å². The zero-order chi connectivity index (χ0) is 20.3. The molecule has 5 nitrogen and oxygen atoms in total. The zero-order valence-electron chi connectivity index (χ0n) is 16.9. The van der Waals surface area contributed by atoms with Crippen molar-refractivity contribution in [2.45, 2.75) is 39.3 Å². The molecule has 0 bridgehead atoms. The molecular weight excluding hydrogens is 352 g/mol. The number of rotatable bonds is 4. The normalized spacial score (nSPS) is 19.4. The zero-order valence-corrected chi connectivity index (χ0v) is 16.9. The van der Waals surface area contributed by atoms with Crippen molar-refractivity contribution in [3.8, 4) is 5.75 Å². The lowest BCUT2D eigenvalue weighted by molar-refractivity contribution is 0.0159. The maximum absolute atomic E-state index is 11.8. The number of phenols is 1. The van der Waals surface area contributed by atoms with Crippen LogP contribution in [0.5, 0.6) is 5.75 Å². The Labute approximate surface area is 167 Å². The highest BCUT2D eigenvalue weighted by atomic mass is 16.4. The number of benzene rings is 2. The van der Waals surface area contributed by atoms with E-state index in [9.17, 15) is 15.0 Å². The SMILES string of the molecule is CC(C)(C)C(c1ccccc1)N1CCN(C(=O)O)[C@H](Cc2ccc(O)cc2)C1. The molecule has 0 spiro atoms. The number of amides is 1. The number of phenolic OH excluding ortho intramolecular Hbond substituents is 1. The number of piperazine rings is 1. The Bertz CT molecular complexity index is 784. The molecule has 3 rings (SSSR count). The first-order chi connectivity index (χ1) is 13.3. The van der Waals surface area contributed by atoms with Crippen molar-refractivity contribution in [2.75, 3.05) is 19.6 Å². The van der Waals surface area contributed by atoms with Crippen LogP contribution in [0.1, 0.15) is 37.9 Å². The fraction of sp³-hybridized carbons (Fsp3) is 0.435. The monoisotopic (exact) mass is 382 g/mol. The van der Waals surface area contributed by atoms with Gasteiger partial charge in [0.2, 0.25) is 0 Å². The topological polar surface area (TPSA) is 64.0 Å². The molecule has 2 N–H and O–H groups in total. The summed E-state index contributed by atoms with van der Waals surface area (Å²) in [7, 11) is 0. The second-order valence-corrected chi connectivity index (χ2v) is 8.67. The number of aromatic hydroxyl groups is 1. The summed E-state index contributed by atoms with van der Waals surface area (Å²) >= 11 is 0. The minimum atomic E-state index is -0.865. The van der Waals surface area contributed by atoms with Crippen LogP contribution in [0.2, 0.25) is 0 Å². The summed E-state index contributed by atoms with van der Waals surface area (Å²) in [6.07, 6.45) is -0.232. The summed E-state index contributed by atoms with van der Waals surface area (Å²) in [5.41, 5.74) is 2.32. The van der Waals surface area contributed by atoms with E-state index in [2.05, 4.69) is 49.9 Å². The van der Waals surface area contributed by atoms with Gasteiger partial charge in [-0.2, -0.15) is 0 Å². The molecule has 1 saturated heterocycles. The van der Waals surface area contributed by atoms with Crippen molar-refractivity contribution in [2.24, 2.45) is 5.41 Å². The van der Waals surface area contributed by atoms with E-state index >= 15 is 0 Å². The van der Waals surface area contributed by atoms with E-state index in [0.717, 1.165) is 12.1 Å². The Balaban J connectivity index is 1.86. The Morgan fingerprint density at radius 1 is 1.07 bits per heavy atom. The Kier molecular flexibility index (Phi) is 5.94. The predicted molar refractivity (Wildman–Crippen MR) is 111 cm³/mol. The van der Waals surface area contributed by atoms with Gasteiger partial charge in [-0.1, -0.05) is 63.2 Å². The second-order valence-electron chi connectivity index (χ2n) is 8.67. The molecule has 0 radical (unpaired) electrons. The molecule has 1 aliphatic rings. The first-order valence-electron chi connectivity index (χ1n) is 9.82. The van der Waals surface area contributed by atoms with Crippen LogP contribution in [-0.4, -0.2) is 51.8 Å². The highest BCUT2D eigenvalue weighted by Crippen LogP contribution is 2.39. The van der Waals surface area contributed by atoms with Crippen LogP contribution >= 0.6 is 0 Å². The van der Waals surface area contributed by atoms with Gasteiger partial charge >= 0.3 is 6.09 Å². The first kappa shape index (κ1) is 20.2. The summed E-state index contributed by atoms with van der Waals surface area (Å²) in [6.45, 7) is 8.62. The molecule has 1 aliphatic heterocycles. The first-order valence-corrected chi connectivity index (χ1v) is 9.82. The Hall–Kier alpha value is -2.53. The Morgan fingerprint density at radius 2 is 1.71 bits per heavy atom. The van der Waals surface area contributed by atoms with Gasteiger partial charge in [0.05, 0.1) is 6.04 Å². The molecule has 5 heteroatoms. The van der Waals surface area contributed by atoms with Gasteiger partial charge in [-0.25, -0.2) is 4.79 Å². The van der Waals surface area contributed by atoms with Gasteiger partial charge in [-0.15, -0.1) is 0 Å².